The van der Waals surface area contributed by atoms with Crippen LogP contribution in [0.4, 0.5) is 0 Å². The molecule has 1 aliphatic rings. The van der Waals surface area contributed by atoms with Gasteiger partial charge in [-0.1, -0.05) is 0 Å². The predicted octanol–water partition coefficient (Wildman–Crippen LogP) is 0.220. The van der Waals surface area contributed by atoms with Crippen LogP contribution in [0, 0.1) is 0 Å². The topological polar surface area (TPSA) is 48.6 Å². The first-order valence-electron chi connectivity index (χ1n) is 7.40. The summed E-state index contributed by atoms with van der Waals surface area (Å²) in [4.78, 5) is 11.6. The van der Waals surface area contributed by atoms with Crippen molar-refractivity contribution in [2.45, 2.75) is 13.1 Å². The lowest BCUT2D eigenvalue weighted by molar-refractivity contribution is 0.120. The summed E-state index contributed by atoms with van der Waals surface area (Å²) in [5.41, 5.74) is 7.94. The molecule has 2 rings (SSSR count). The highest BCUT2D eigenvalue weighted by molar-refractivity contribution is 5.16. The molecule has 0 spiro atoms. The monoisotopic (exact) mass is 277 g/mol. The van der Waals surface area contributed by atoms with Crippen LogP contribution >= 0.6 is 0 Å². The fourth-order valence-corrected chi connectivity index (χ4v) is 2.51. The van der Waals surface area contributed by atoms with Gasteiger partial charge in [-0.3, -0.25) is 14.8 Å². The summed E-state index contributed by atoms with van der Waals surface area (Å²) >= 11 is 0. The summed E-state index contributed by atoms with van der Waals surface area (Å²) in [6.07, 6.45) is 1.87. The van der Waals surface area contributed by atoms with Gasteiger partial charge >= 0.3 is 0 Å². The van der Waals surface area contributed by atoms with E-state index < -0.39 is 0 Å². The van der Waals surface area contributed by atoms with Crippen molar-refractivity contribution in [2.24, 2.45) is 5.73 Å². The number of pyridine rings is 1. The fourth-order valence-electron chi connectivity index (χ4n) is 2.51. The second-order valence-electron chi connectivity index (χ2n) is 5.78. The molecule has 0 aliphatic carbocycles. The van der Waals surface area contributed by atoms with E-state index in [1.807, 2.05) is 6.20 Å². The highest BCUT2D eigenvalue weighted by Crippen LogP contribution is 2.09. The molecular formula is C15H27N5. The van der Waals surface area contributed by atoms with Crippen molar-refractivity contribution >= 4 is 0 Å². The van der Waals surface area contributed by atoms with Gasteiger partial charge in [0.1, 0.15) is 0 Å². The molecule has 0 atom stereocenters. The van der Waals surface area contributed by atoms with Crippen LogP contribution < -0.4 is 5.73 Å². The third kappa shape index (κ3) is 4.83. The Morgan fingerprint density at radius 1 is 1.20 bits per heavy atom. The average Bonchev–Trinajstić information content (AvgIpc) is 2.47. The van der Waals surface area contributed by atoms with Gasteiger partial charge in [-0.2, -0.15) is 0 Å². The van der Waals surface area contributed by atoms with Crippen LogP contribution in [-0.2, 0) is 13.1 Å². The molecule has 0 bridgehead atoms. The van der Waals surface area contributed by atoms with Crippen LogP contribution in [0.5, 0.6) is 0 Å². The van der Waals surface area contributed by atoms with E-state index in [2.05, 4.69) is 45.9 Å². The van der Waals surface area contributed by atoms with Crippen LogP contribution in [0.1, 0.15) is 11.3 Å². The standard InChI is InChI=1S/C15H27N5/c1-18(2)5-6-19-7-9-20(10-8-19)13-14-3-4-17-15(11-14)12-16/h3-4,11H,5-10,12-13,16H2,1-2H3. The Bertz CT molecular complexity index is 399. The molecule has 1 fully saturated rings. The zero-order valence-corrected chi connectivity index (χ0v) is 12.8. The van der Waals surface area contributed by atoms with Crippen molar-refractivity contribution in [1.82, 2.24) is 19.7 Å². The van der Waals surface area contributed by atoms with E-state index in [4.69, 9.17) is 5.73 Å². The zero-order valence-electron chi connectivity index (χ0n) is 12.8. The molecule has 20 heavy (non-hydrogen) atoms. The van der Waals surface area contributed by atoms with Crippen LogP contribution in [0.3, 0.4) is 0 Å². The lowest BCUT2D eigenvalue weighted by Gasteiger charge is -2.35. The molecule has 0 amide bonds. The first-order valence-corrected chi connectivity index (χ1v) is 7.40. The predicted molar refractivity (Wildman–Crippen MR) is 82.4 cm³/mol. The Labute approximate surface area is 122 Å². The van der Waals surface area contributed by atoms with Crippen molar-refractivity contribution in [3.63, 3.8) is 0 Å². The van der Waals surface area contributed by atoms with E-state index in [0.717, 1.165) is 31.9 Å². The molecule has 0 aromatic carbocycles. The van der Waals surface area contributed by atoms with Gasteiger partial charge in [0.25, 0.3) is 0 Å². The van der Waals surface area contributed by atoms with Gasteiger partial charge in [0.2, 0.25) is 0 Å². The Morgan fingerprint density at radius 3 is 2.55 bits per heavy atom. The van der Waals surface area contributed by atoms with E-state index in [0.29, 0.717) is 6.54 Å². The van der Waals surface area contributed by atoms with E-state index >= 15 is 0 Å². The van der Waals surface area contributed by atoms with Gasteiger partial charge in [-0.25, -0.2) is 0 Å². The zero-order chi connectivity index (χ0) is 14.4. The number of hydrogen-bond donors (Lipinski definition) is 1. The minimum absolute atomic E-state index is 0.520. The molecule has 0 unspecified atom stereocenters. The molecule has 5 heteroatoms. The molecule has 0 radical (unpaired) electrons. The Morgan fingerprint density at radius 2 is 1.90 bits per heavy atom. The summed E-state index contributed by atoms with van der Waals surface area (Å²) < 4.78 is 0. The molecule has 1 aromatic heterocycles. The maximum atomic E-state index is 5.64. The van der Waals surface area contributed by atoms with Crippen LogP contribution in [-0.4, -0.2) is 73.0 Å². The minimum Gasteiger partial charge on any atom is -0.325 e. The van der Waals surface area contributed by atoms with Gasteiger partial charge < -0.3 is 10.6 Å². The summed E-state index contributed by atoms with van der Waals surface area (Å²) in [6.45, 7) is 8.48. The second kappa shape index (κ2) is 7.69. The van der Waals surface area contributed by atoms with E-state index in [1.54, 1.807) is 0 Å². The largest absolute Gasteiger partial charge is 0.325 e. The molecule has 2 N–H and O–H groups in total. The molecule has 112 valence electrons. The van der Waals surface area contributed by atoms with Crippen LogP contribution in [0.2, 0.25) is 0 Å². The Hall–Kier alpha value is -1.01. The molecule has 1 aromatic rings. The number of nitrogens with two attached hydrogens (primary N) is 1. The summed E-state index contributed by atoms with van der Waals surface area (Å²) in [5.74, 6) is 0. The van der Waals surface area contributed by atoms with E-state index in [9.17, 15) is 0 Å². The number of likely N-dealkylation sites (N-methyl/N-ethyl adjacent to an activating group) is 1. The number of hydrogen-bond acceptors (Lipinski definition) is 5. The van der Waals surface area contributed by atoms with Gasteiger partial charge in [-0.15, -0.1) is 0 Å². The maximum Gasteiger partial charge on any atom is 0.0542 e. The molecule has 2 heterocycles. The van der Waals surface area contributed by atoms with Gasteiger partial charge in [0.15, 0.2) is 0 Å². The Balaban J connectivity index is 1.76. The van der Waals surface area contributed by atoms with Crippen molar-refractivity contribution in [2.75, 3.05) is 53.4 Å². The Kier molecular flexibility index (Phi) is 5.91. The quantitative estimate of drug-likeness (QED) is 0.806. The normalized spacial score (nSPS) is 17.8. The number of nitrogens with zero attached hydrogens (tertiary/aromatic N) is 4. The van der Waals surface area contributed by atoms with Crippen molar-refractivity contribution in [1.29, 1.82) is 0 Å². The number of piperazine rings is 1. The van der Waals surface area contributed by atoms with Crippen molar-refractivity contribution < 1.29 is 0 Å². The van der Waals surface area contributed by atoms with Gasteiger partial charge in [0, 0.05) is 58.6 Å². The fraction of sp³-hybridized carbons (Fsp3) is 0.667. The third-order valence-electron chi connectivity index (χ3n) is 3.82. The average molecular weight is 277 g/mol. The molecule has 1 aliphatic heterocycles. The van der Waals surface area contributed by atoms with E-state index in [-0.39, 0.29) is 0 Å². The van der Waals surface area contributed by atoms with Crippen molar-refractivity contribution in [3.05, 3.63) is 29.6 Å². The molecule has 5 nitrogen and oxygen atoms in total. The van der Waals surface area contributed by atoms with Gasteiger partial charge in [0.05, 0.1) is 5.69 Å². The second-order valence-corrected chi connectivity index (χ2v) is 5.78. The summed E-state index contributed by atoms with van der Waals surface area (Å²) in [6, 6.07) is 4.22. The molecule has 1 saturated heterocycles. The first-order chi connectivity index (χ1) is 9.67. The molecular weight excluding hydrogens is 250 g/mol. The maximum absolute atomic E-state index is 5.64. The smallest absolute Gasteiger partial charge is 0.0542 e. The summed E-state index contributed by atoms with van der Waals surface area (Å²) in [5, 5.41) is 0. The van der Waals surface area contributed by atoms with Crippen LogP contribution in [0.15, 0.2) is 18.3 Å². The highest BCUT2D eigenvalue weighted by atomic mass is 15.3. The minimum atomic E-state index is 0.520. The SMILES string of the molecule is CN(C)CCN1CCN(Cc2ccnc(CN)c2)CC1. The first kappa shape index (κ1) is 15.4. The lowest BCUT2D eigenvalue weighted by atomic mass is 10.2. The number of rotatable bonds is 6. The highest BCUT2D eigenvalue weighted by Gasteiger charge is 2.16. The third-order valence-corrected chi connectivity index (χ3v) is 3.82. The summed E-state index contributed by atoms with van der Waals surface area (Å²) in [7, 11) is 4.27. The lowest BCUT2D eigenvalue weighted by Crippen LogP contribution is -2.47. The molecule has 0 saturated carbocycles. The van der Waals surface area contributed by atoms with Crippen LogP contribution in [0.25, 0.3) is 0 Å². The van der Waals surface area contributed by atoms with Gasteiger partial charge in [-0.05, 0) is 31.8 Å². The van der Waals surface area contributed by atoms with Crippen molar-refractivity contribution in [3.8, 4) is 0 Å². The van der Waals surface area contributed by atoms with E-state index in [1.165, 1.54) is 25.2 Å². The number of aromatic nitrogens is 1.